The van der Waals surface area contributed by atoms with Gasteiger partial charge in [0.15, 0.2) is 5.58 Å². The van der Waals surface area contributed by atoms with Crippen molar-refractivity contribution in [3.05, 3.63) is 78.2 Å². The summed E-state index contributed by atoms with van der Waals surface area (Å²) < 4.78 is 12.2. The van der Waals surface area contributed by atoms with Crippen molar-refractivity contribution in [3.8, 4) is 11.3 Å². The van der Waals surface area contributed by atoms with Crippen molar-refractivity contribution in [2.24, 2.45) is 0 Å². The standard InChI is InChI=1S/C28H23NO2/c1-16-11-18-14-25-22(15-24(18)30-16)21-9-10-29-26(27(21)31-25)19-12-17-7-5-6-8-20(17)23(13-19)28(2,3)4/h5-15H,1-4H3. The number of rotatable bonds is 1. The fourth-order valence-electron chi connectivity index (χ4n) is 4.64. The molecule has 152 valence electrons. The van der Waals surface area contributed by atoms with Crippen molar-refractivity contribution in [2.75, 3.05) is 0 Å². The van der Waals surface area contributed by atoms with Crippen molar-refractivity contribution >= 4 is 43.7 Å². The zero-order valence-electron chi connectivity index (χ0n) is 18.1. The first-order valence-electron chi connectivity index (χ1n) is 10.6. The third-order valence-corrected chi connectivity index (χ3v) is 6.09. The van der Waals surface area contributed by atoms with Gasteiger partial charge in [-0.05, 0) is 65.1 Å². The predicted molar refractivity (Wildman–Crippen MR) is 128 cm³/mol. The molecule has 3 heterocycles. The molecule has 3 heteroatoms. The second-order valence-corrected chi connectivity index (χ2v) is 9.38. The quantitative estimate of drug-likeness (QED) is 0.277. The normalized spacial score (nSPS) is 12.5. The minimum Gasteiger partial charge on any atom is -0.461 e. The van der Waals surface area contributed by atoms with E-state index < -0.39 is 0 Å². The minimum atomic E-state index is 0.0136. The van der Waals surface area contributed by atoms with Crippen LogP contribution in [0.2, 0.25) is 0 Å². The summed E-state index contributed by atoms with van der Waals surface area (Å²) in [4.78, 5) is 4.76. The van der Waals surface area contributed by atoms with Crippen LogP contribution in [0.25, 0.3) is 54.9 Å². The highest BCUT2D eigenvalue weighted by Crippen LogP contribution is 2.39. The summed E-state index contributed by atoms with van der Waals surface area (Å²) >= 11 is 0. The van der Waals surface area contributed by atoms with E-state index in [-0.39, 0.29) is 5.41 Å². The Hall–Kier alpha value is -3.59. The van der Waals surface area contributed by atoms with E-state index >= 15 is 0 Å². The highest BCUT2D eigenvalue weighted by molar-refractivity contribution is 6.12. The number of fused-ring (bicyclic) bond motifs is 5. The first kappa shape index (κ1) is 18.2. The molecule has 0 aliphatic rings. The van der Waals surface area contributed by atoms with E-state index in [2.05, 4.69) is 69.3 Å². The van der Waals surface area contributed by atoms with Crippen LogP contribution in [0.5, 0.6) is 0 Å². The van der Waals surface area contributed by atoms with Gasteiger partial charge in [0.1, 0.15) is 22.6 Å². The van der Waals surface area contributed by atoms with Crippen molar-refractivity contribution in [2.45, 2.75) is 33.1 Å². The molecule has 0 saturated carbocycles. The zero-order valence-corrected chi connectivity index (χ0v) is 18.1. The molecular weight excluding hydrogens is 382 g/mol. The van der Waals surface area contributed by atoms with Crippen LogP contribution < -0.4 is 0 Å². The fourth-order valence-corrected chi connectivity index (χ4v) is 4.64. The van der Waals surface area contributed by atoms with E-state index in [0.717, 1.165) is 49.9 Å². The molecular formula is C28H23NO2. The smallest absolute Gasteiger partial charge is 0.161 e. The average Bonchev–Trinajstić information content (AvgIpc) is 3.28. The van der Waals surface area contributed by atoms with E-state index in [4.69, 9.17) is 13.8 Å². The molecule has 6 rings (SSSR count). The average molecular weight is 405 g/mol. The molecule has 0 amide bonds. The maximum Gasteiger partial charge on any atom is 0.161 e. The second-order valence-electron chi connectivity index (χ2n) is 9.38. The molecule has 0 aliphatic heterocycles. The summed E-state index contributed by atoms with van der Waals surface area (Å²) in [7, 11) is 0. The molecule has 3 aromatic heterocycles. The Morgan fingerprint density at radius 3 is 2.42 bits per heavy atom. The van der Waals surface area contributed by atoms with Gasteiger partial charge in [0.25, 0.3) is 0 Å². The lowest BCUT2D eigenvalue weighted by Crippen LogP contribution is -2.12. The Labute approximate surface area is 180 Å². The molecule has 31 heavy (non-hydrogen) atoms. The van der Waals surface area contributed by atoms with Crippen LogP contribution in [0.1, 0.15) is 32.1 Å². The SMILES string of the molecule is Cc1cc2cc3oc4c(-c5cc(C(C)(C)C)c6ccccc6c5)nccc4c3cc2o1. The molecule has 0 N–H and O–H groups in total. The Bertz CT molecular complexity index is 1630. The molecule has 3 aromatic carbocycles. The maximum absolute atomic E-state index is 6.39. The highest BCUT2D eigenvalue weighted by atomic mass is 16.3. The number of hydrogen-bond acceptors (Lipinski definition) is 3. The Kier molecular flexibility index (Phi) is 3.64. The number of nitrogens with zero attached hydrogens (tertiary/aromatic N) is 1. The first-order chi connectivity index (χ1) is 14.9. The third kappa shape index (κ3) is 2.77. The van der Waals surface area contributed by atoms with Gasteiger partial charge in [-0.15, -0.1) is 0 Å². The monoisotopic (exact) mass is 405 g/mol. The number of benzene rings is 3. The minimum absolute atomic E-state index is 0.0136. The van der Waals surface area contributed by atoms with Crippen LogP contribution in [0.15, 0.2) is 75.7 Å². The zero-order chi connectivity index (χ0) is 21.3. The summed E-state index contributed by atoms with van der Waals surface area (Å²) in [5.74, 6) is 0.903. The van der Waals surface area contributed by atoms with Crippen LogP contribution in [0.3, 0.4) is 0 Å². The fraction of sp³-hybridized carbons (Fsp3) is 0.179. The number of hydrogen-bond donors (Lipinski definition) is 0. The van der Waals surface area contributed by atoms with Gasteiger partial charge in [0.2, 0.25) is 0 Å². The van der Waals surface area contributed by atoms with Gasteiger partial charge in [-0.3, -0.25) is 4.98 Å². The van der Waals surface area contributed by atoms with Crippen molar-refractivity contribution in [1.82, 2.24) is 4.98 Å². The number of aryl methyl sites for hydroxylation is 1. The van der Waals surface area contributed by atoms with Gasteiger partial charge >= 0.3 is 0 Å². The van der Waals surface area contributed by atoms with E-state index in [1.54, 1.807) is 0 Å². The second kappa shape index (κ2) is 6.21. The highest BCUT2D eigenvalue weighted by Gasteiger charge is 2.21. The molecule has 0 aliphatic carbocycles. The summed E-state index contributed by atoms with van der Waals surface area (Å²) in [5, 5.41) is 5.66. The summed E-state index contributed by atoms with van der Waals surface area (Å²) in [6, 6.07) is 21.3. The molecule has 0 unspecified atom stereocenters. The van der Waals surface area contributed by atoms with Crippen molar-refractivity contribution < 1.29 is 8.83 Å². The first-order valence-corrected chi connectivity index (χ1v) is 10.6. The van der Waals surface area contributed by atoms with Gasteiger partial charge in [-0.1, -0.05) is 45.0 Å². The van der Waals surface area contributed by atoms with Crippen LogP contribution >= 0.6 is 0 Å². The summed E-state index contributed by atoms with van der Waals surface area (Å²) in [6.07, 6.45) is 1.87. The van der Waals surface area contributed by atoms with E-state index in [9.17, 15) is 0 Å². The van der Waals surface area contributed by atoms with Crippen LogP contribution in [-0.4, -0.2) is 4.98 Å². The molecule has 0 bridgehead atoms. The maximum atomic E-state index is 6.39. The molecule has 3 nitrogen and oxygen atoms in total. The van der Waals surface area contributed by atoms with E-state index in [1.807, 2.05) is 25.3 Å². The lowest BCUT2D eigenvalue weighted by atomic mass is 9.82. The van der Waals surface area contributed by atoms with Crippen LogP contribution in [0.4, 0.5) is 0 Å². The predicted octanol–water partition coefficient (Wildman–Crippen LogP) is 8.15. The van der Waals surface area contributed by atoms with Crippen molar-refractivity contribution in [1.29, 1.82) is 0 Å². The van der Waals surface area contributed by atoms with Gasteiger partial charge in [0, 0.05) is 27.9 Å². The number of pyridine rings is 1. The largest absolute Gasteiger partial charge is 0.461 e. The Morgan fingerprint density at radius 2 is 1.58 bits per heavy atom. The number of furan rings is 2. The summed E-state index contributed by atoms with van der Waals surface area (Å²) in [6.45, 7) is 8.73. The molecule has 6 aromatic rings. The molecule has 0 fully saturated rings. The molecule has 0 radical (unpaired) electrons. The van der Waals surface area contributed by atoms with Gasteiger partial charge in [-0.25, -0.2) is 0 Å². The lowest BCUT2D eigenvalue weighted by molar-refractivity contribution is 0.579. The van der Waals surface area contributed by atoms with E-state index in [1.165, 1.54) is 16.3 Å². The van der Waals surface area contributed by atoms with Gasteiger partial charge in [-0.2, -0.15) is 0 Å². The third-order valence-electron chi connectivity index (χ3n) is 6.09. The van der Waals surface area contributed by atoms with Crippen molar-refractivity contribution in [3.63, 3.8) is 0 Å². The topological polar surface area (TPSA) is 39.2 Å². The summed E-state index contributed by atoms with van der Waals surface area (Å²) in [5.41, 5.74) is 5.83. The Balaban J connectivity index is 1.67. The van der Waals surface area contributed by atoms with E-state index in [0.29, 0.717) is 0 Å². The molecule has 0 spiro atoms. The Morgan fingerprint density at radius 1 is 0.742 bits per heavy atom. The molecule has 0 atom stereocenters. The lowest BCUT2D eigenvalue weighted by Gasteiger charge is -2.22. The number of aromatic nitrogens is 1. The van der Waals surface area contributed by atoms with Crippen LogP contribution in [0, 0.1) is 6.92 Å². The van der Waals surface area contributed by atoms with Crippen LogP contribution in [-0.2, 0) is 5.41 Å². The van der Waals surface area contributed by atoms with Gasteiger partial charge < -0.3 is 8.83 Å². The molecule has 0 saturated heterocycles. The van der Waals surface area contributed by atoms with Gasteiger partial charge in [0.05, 0.1) is 0 Å².